The van der Waals surface area contributed by atoms with E-state index in [0.717, 1.165) is 24.6 Å². The minimum absolute atomic E-state index is 0.0469. The lowest BCUT2D eigenvalue weighted by Gasteiger charge is -2.05. The van der Waals surface area contributed by atoms with Crippen LogP contribution in [-0.2, 0) is 12.3 Å². The van der Waals surface area contributed by atoms with Crippen LogP contribution in [-0.4, -0.2) is 4.98 Å². The maximum absolute atomic E-state index is 12.8. The fourth-order valence-corrected chi connectivity index (χ4v) is 1.40. The molecule has 1 aliphatic carbocycles. The molecule has 0 amide bonds. The average molecular weight is 169 g/mol. The van der Waals surface area contributed by atoms with Crippen LogP contribution in [0, 0.1) is 0 Å². The number of halogens is 2. The van der Waals surface area contributed by atoms with Gasteiger partial charge in [-0.15, -0.1) is 0 Å². The molecule has 0 aromatic carbocycles. The molecule has 12 heavy (non-hydrogen) atoms. The van der Waals surface area contributed by atoms with Gasteiger partial charge in [-0.1, -0.05) is 6.92 Å². The second-order valence-corrected chi connectivity index (χ2v) is 3.12. The van der Waals surface area contributed by atoms with Crippen LogP contribution in [0.3, 0.4) is 0 Å². The molecule has 0 unspecified atom stereocenters. The van der Waals surface area contributed by atoms with Crippen molar-refractivity contribution < 1.29 is 8.78 Å². The van der Waals surface area contributed by atoms with Crippen LogP contribution in [0.5, 0.6) is 0 Å². The zero-order chi connectivity index (χ0) is 8.93. The van der Waals surface area contributed by atoms with E-state index in [1.807, 2.05) is 6.92 Å². The first-order valence-corrected chi connectivity index (χ1v) is 3.96. The largest absolute Gasteiger partial charge is 0.287 e. The van der Waals surface area contributed by atoms with Crippen molar-refractivity contribution in [3.63, 3.8) is 0 Å². The molecule has 2 rings (SSSR count). The summed E-state index contributed by atoms with van der Waals surface area (Å²) in [7, 11) is 0. The molecule has 0 saturated heterocycles. The molecule has 64 valence electrons. The van der Waals surface area contributed by atoms with Gasteiger partial charge in [0.15, 0.2) is 0 Å². The molecule has 0 fully saturated rings. The molecule has 0 aromatic heterocycles. The smallest absolute Gasteiger partial charge is 0.250 e. The first kappa shape index (κ1) is 7.65. The number of aryl methyl sites for hydroxylation is 1. The summed E-state index contributed by atoms with van der Waals surface area (Å²) in [5.41, 5.74) is 2.37. The Kier molecular flexibility index (Phi) is 1.29. The molecular weight excluding hydrogens is 160 g/mol. The molecule has 3 heteroatoms. The Labute approximate surface area is 69.4 Å². The van der Waals surface area contributed by atoms with E-state index in [-0.39, 0.29) is 5.69 Å². The lowest BCUT2D eigenvalue weighted by atomic mass is 10.2. The van der Waals surface area contributed by atoms with Crippen molar-refractivity contribution in [3.8, 4) is 11.1 Å². The fraction of sp³-hybridized carbons (Fsp3) is 0.444. The Morgan fingerprint density at radius 3 is 2.42 bits per heavy atom. The summed E-state index contributed by atoms with van der Waals surface area (Å²) in [4.78, 5) is 3.89. The fourth-order valence-electron chi connectivity index (χ4n) is 1.40. The molecule has 0 N–H and O–H groups in total. The Balaban J connectivity index is 2.42. The SMILES string of the molecule is CCc1nc(C(C)(F)F)c2cc1-2. The van der Waals surface area contributed by atoms with Crippen LogP contribution in [0.2, 0.25) is 0 Å². The summed E-state index contributed by atoms with van der Waals surface area (Å²) in [5, 5.41) is 0. The lowest BCUT2D eigenvalue weighted by molar-refractivity contribution is 0.0140. The van der Waals surface area contributed by atoms with Gasteiger partial charge in [-0.2, -0.15) is 8.78 Å². The van der Waals surface area contributed by atoms with Gasteiger partial charge < -0.3 is 0 Å². The van der Waals surface area contributed by atoms with E-state index < -0.39 is 5.92 Å². The molecule has 0 atom stereocenters. The molecule has 0 aromatic rings. The lowest BCUT2D eigenvalue weighted by Crippen LogP contribution is -2.07. The molecule has 1 nitrogen and oxygen atoms in total. The van der Waals surface area contributed by atoms with E-state index in [2.05, 4.69) is 4.98 Å². The summed E-state index contributed by atoms with van der Waals surface area (Å²) in [6.07, 6.45) is 0.731. The normalized spacial score (nSPS) is 13.3. The van der Waals surface area contributed by atoms with Crippen molar-refractivity contribution in [2.75, 3.05) is 0 Å². The maximum Gasteiger partial charge on any atom is 0.287 e. The Morgan fingerprint density at radius 2 is 2.08 bits per heavy atom. The van der Waals surface area contributed by atoms with Gasteiger partial charge >= 0.3 is 0 Å². The predicted molar refractivity (Wildman–Crippen MR) is 42.2 cm³/mol. The first-order chi connectivity index (χ1) is 5.54. The van der Waals surface area contributed by atoms with Crippen LogP contribution in [0.4, 0.5) is 8.78 Å². The second-order valence-electron chi connectivity index (χ2n) is 3.12. The highest BCUT2D eigenvalue weighted by Gasteiger charge is 2.37. The van der Waals surface area contributed by atoms with Gasteiger partial charge in [0.05, 0.1) is 0 Å². The molecule has 0 spiro atoms. The Bertz CT molecular complexity index is 339. The van der Waals surface area contributed by atoms with Gasteiger partial charge in [-0.05, 0) is 12.5 Å². The average Bonchev–Trinajstić information content (AvgIpc) is 2.63. The third-order valence-electron chi connectivity index (χ3n) is 2.06. The number of rotatable bonds is 2. The van der Waals surface area contributed by atoms with Crippen LogP contribution in [0.25, 0.3) is 11.1 Å². The van der Waals surface area contributed by atoms with Gasteiger partial charge in [0, 0.05) is 23.7 Å². The van der Waals surface area contributed by atoms with E-state index in [4.69, 9.17) is 0 Å². The zero-order valence-electron chi connectivity index (χ0n) is 6.99. The molecule has 1 aliphatic heterocycles. The number of fused-ring (bicyclic) bond motifs is 1. The number of hydrogen-bond donors (Lipinski definition) is 0. The number of aromatic nitrogens is 1. The monoisotopic (exact) mass is 169 g/mol. The van der Waals surface area contributed by atoms with Crippen molar-refractivity contribution in [3.05, 3.63) is 17.5 Å². The quantitative estimate of drug-likeness (QED) is 0.673. The standard InChI is InChI=1S/C9H9F2N/c1-3-7-5-4-6(5)8(12-7)9(2,10)11/h4H,3H2,1-2H3. The second kappa shape index (κ2) is 2.03. The summed E-state index contributed by atoms with van der Waals surface area (Å²) in [6.45, 7) is 2.81. The summed E-state index contributed by atoms with van der Waals surface area (Å²) in [5.74, 6) is -2.79. The van der Waals surface area contributed by atoms with Gasteiger partial charge in [0.1, 0.15) is 5.69 Å². The number of pyridine rings is 1. The Hall–Kier alpha value is -0.990. The maximum atomic E-state index is 12.8. The zero-order valence-corrected chi connectivity index (χ0v) is 6.99. The van der Waals surface area contributed by atoms with Crippen LogP contribution >= 0.6 is 0 Å². The number of hydrogen-bond acceptors (Lipinski definition) is 1. The summed E-state index contributed by atoms with van der Waals surface area (Å²) in [6, 6.07) is 1.78. The predicted octanol–water partition coefficient (Wildman–Crippen LogP) is 2.74. The Morgan fingerprint density at radius 1 is 1.42 bits per heavy atom. The van der Waals surface area contributed by atoms with Crippen molar-refractivity contribution in [1.82, 2.24) is 4.98 Å². The van der Waals surface area contributed by atoms with Crippen LogP contribution in [0.15, 0.2) is 6.07 Å². The van der Waals surface area contributed by atoms with Gasteiger partial charge in [-0.25, -0.2) is 0 Å². The van der Waals surface area contributed by atoms with E-state index >= 15 is 0 Å². The molecular formula is C9H9F2N. The highest BCUT2D eigenvalue weighted by molar-refractivity contribution is 5.85. The van der Waals surface area contributed by atoms with E-state index in [1.165, 1.54) is 0 Å². The topological polar surface area (TPSA) is 12.9 Å². The van der Waals surface area contributed by atoms with E-state index in [1.54, 1.807) is 6.07 Å². The number of nitrogens with zero attached hydrogens (tertiary/aromatic N) is 1. The molecule has 0 bridgehead atoms. The van der Waals surface area contributed by atoms with Crippen LogP contribution in [0.1, 0.15) is 25.2 Å². The van der Waals surface area contributed by atoms with Crippen LogP contribution < -0.4 is 0 Å². The van der Waals surface area contributed by atoms with E-state index in [9.17, 15) is 8.78 Å². The summed E-state index contributed by atoms with van der Waals surface area (Å²) >= 11 is 0. The van der Waals surface area contributed by atoms with Gasteiger partial charge in [0.25, 0.3) is 5.92 Å². The summed E-state index contributed by atoms with van der Waals surface area (Å²) < 4.78 is 25.6. The van der Waals surface area contributed by atoms with E-state index in [0.29, 0.717) is 5.56 Å². The first-order valence-electron chi connectivity index (χ1n) is 3.96. The van der Waals surface area contributed by atoms with Gasteiger partial charge in [0.2, 0.25) is 0 Å². The highest BCUT2D eigenvalue weighted by Crippen LogP contribution is 2.46. The minimum atomic E-state index is -2.79. The third-order valence-corrected chi connectivity index (χ3v) is 2.06. The van der Waals surface area contributed by atoms with Crippen molar-refractivity contribution >= 4 is 0 Å². The third kappa shape index (κ3) is 0.924. The minimum Gasteiger partial charge on any atom is -0.250 e. The van der Waals surface area contributed by atoms with Crippen molar-refractivity contribution in [2.45, 2.75) is 26.2 Å². The van der Waals surface area contributed by atoms with Crippen molar-refractivity contribution in [2.24, 2.45) is 0 Å². The molecule has 2 aliphatic rings. The number of alkyl halides is 2. The molecule has 0 radical (unpaired) electrons. The highest BCUT2D eigenvalue weighted by atomic mass is 19.3. The molecule has 1 heterocycles. The van der Waals surface area contributed by atoms with Gasteiger partial charge in [-0.3, -0.25) is 4.98 Å². The molecule has 0 saturated carbocycles. The van der Waals surface area contributed by atoms with Crippen molar-refractivity contribution in [1.29, 1.82) is 0 Å².